The van der Waals surface area contributed by atoms with Crippen molar-refractivity contribution in [1.82, 2.24) is 5.32 Å². The second-order valence-corrected chi connectivity index (χ2v) is 10.2. The Hall–Kier alpha value is -2.03. The van der Waals surface area contributed by atoms with Crippen LogP contribution in [0.15, 0.2) is 24.3 Å². The van der Waals surface area contributed by atoms with Crippen molar-refractivity contribution in [2.45, 2.75) is 39.7 Å². The summed E-state index contributed by atoms with van der Waals surface area (Å²) in [6.07, 6.45) is 0.304. The highest BCUT2D eigenvalue weighted by molar-refractivity contribution is 5.67. The summed E-state index contributed by atoms with van der Waals surface area (Å²) < 4.78 is 54.3. The van der Waals surface area contributed by atoms with Crippen molar-refractivity contribution in [3.63, 3.8) is 0 Å². The summed E-state index contributed by atoms with van der Waals surface area (Å²) in [5.74, 6) is 0.772. The number of ether oxygens (including phenoxy) is 10. The summed E-state index contributed by atoms with van der Waals surface area (Å²) in [6, 6.07) is 7.78. The van der Waals surface area contributed by atoms with Gasteiger partial charge in [0, 0.05) is 13.2 Å². The summed E-state index contributed by atoms with van der Waals surface area (Å²) in [7, 11) is 0. The standard InChI is InChI=1S/C31H55NO11/c1-5-34-12-13-35-14-15-36-16-17-37-18-19-38-20-21-39-22-23-40-24-25-41-26-27-42-29-8-6-28(7-9-29)10-11-32-30(33)43-31(2,3)4/h6-9H,5,10-27H2,1-4H3,(H,32,33). The van der Waals surface area contributed by atoms with Crippen molar-refractivity contribution in [3.8, 4) is 5.75 Å². The molecule has 1 rings (SSSR count). The van der Waals surface area contributed by atoms with Crippen molar-refractivity contribution >= 4 is 6.09 Å². The molecule has 12 heteroatoms. The molecule has 0 bridgehead atoms. The van der Waals surface area contributed by atoms with E-state index in [0.29, 0.717) is 125 Å². The Balaban J connectivity index is 1.79. The zero-order valence-electron chi connectivity index (χ0n) is 26.7. The Morgan fingerprint density at radius 1 is 0.581 bits per heavy atom. The predicted octanol–water partition coefficient (Wildman–Crippen LogP) is 3.29. The normalized spacial score (nSPS) is 11.5. The minimum Gasteiger partial charge on any atom is -0.491 e. The molecule has 1 N–H and O–H groups in total. The lowest BCUT2D eigenvalue weighted by molar-refractivity contribution is -0.0233. The van der Waals surface area contributed by atoms with Gasteiger partial charge >= 0.3 is 6.09 Å². The van der Waals surface area contributed by atoms with Crippen LogP contribution in [0.4, 0.5) is 4.79 Å². The van der Waals surface area contributed by atoms with E-state index >= 15 is 0 Å². The second kappa shape index (κ2) is 27.5. The molecule has 0 aromatic heterocycles. The van der Waals surface area contributed by atoms with E-state index in [1.165, 1.54) is 0 Å². The molecule has 1 aromatic rings. The van der Waals surface area contributed by atoms with E-state index in [0.717, 1.165) is 11.3 Å². The molecule has 12 nitrogen and oxygen atoms in total. The van der Waals surface area contributed by atoms with Gasteiger partial charge in [-0.05, 0) is 51.8 Å². The van der Waals surface area contributed by atoms with E-state index in [-0.39, 0.29) is 0 Å². The third-order valence-electron chi connectivity index (χ3n) is 5.31. The molecule has 0 radical (unpaired) electrons. The lowest BCUT2D eigenvalue weighted by Gasteiger charge is -2.19. The molecule has 0 atom stereocenters. The van der Waals surface area contributed by atoms with Gasteiger partial charge in [-0.1, -0.05) is 12.1 Å². The Labute approximate surface area is 257 Å². The Kier molecular flexibility index (Phi) is 25.0. The van der Waals surface area contributed by atoms with Crippen LogP contribution < -0.4 is 10.1 Å². The summed E-state index contributed by atoms with van der Waals surface area (Å²) >= 11 is 0. The first kappa shape index (κ1) is 39.0. The van der Waals surface area contributed by atoms with Gasteiger partial charge in [-0.25, -0.2) is 4.79 Å². The van der Waals surface area contributed by atoms with Crippen molar-refractivity contribution < 1.29 is 52.2 Å². The molecule has 0 aliphatic rings. The van der Waals surface area contributed by atoms with Gasteiger partial charge in [0.15, 0.2) is 0 Å². The van der Waals surface area contributed by atoms with Crippen molar-refractivity contribution in [2.75, 3.05) is 119 Å². The summed E-state index contributed by atoms with van der Waals surface area (Å²) in [6.45, 7) is 17.0. The van der Waals surface area contributed by atoms with E-state index in [9.17, 15) is 4.79 Å². The lowest BCUT2D eigenvalue weighted by atomic mass is 10.1. The third kappa shape index (κ3) is 27.3. The molecule has 0 aliphatic heterocycles. The number of benzene rings is 1. The van der Waals surface area contributed by atoms with Crippen LogP contribution in [0.25, 0.3) is 0 Å². The molecule has 0 saturated carbocycles. The van der Waals surface area contributed by atoms with Crippen molar-refractivity contribution in [3.05, 3.63) is 29.8 Å². The van der Waals surface area contributed by atoms with Gasteiger partial charge in [-0.15, -0.1) is 0 Å². The van der Waals surface area contributed by atoms with Crippen molar-refractivity contribution in [1.29, 1.82) is 0 Å². The van der Waals surface area contributed by atoms with Crippen LogP contribution in [0.1, 0.15) is 33.3 Å². The van der Waals surface area contributed by atoms with Crippen LogP contribution in [-0.2, 0) is 49.1 Å². The van der Waals surface area contributed by atoms with Gasteiger partial charge in [0.2, 0.25) is 0 Å². The number of carbonyl (C=O) groups excluding carboxylic acids is 1. The van der Waals surface area contributed by atoms with Crippen LogP contribution in [0, 0.1) is 0 Å². The molecule has 43 heavy (non-hydrogen) atoms. The van der Waals surface area contributed by atoms with E-state index in [1.807, 2.05) is 52.0 Å². The smallest absolute Gasteiger partial charge is 0.407 e. The maximum absolute atomic E-state index is 11.7. The lowest BCUT2D eigenvalue weighted by Crippen LogP contribution is -2.33. The zero-order valence-corrected chi connectivity index (χ0v) is 26.7. The van der Waals surface area contributed by atoms with Crippen LogP contribution in [-0.4, -0.2) is 131 Å². The molecule has 0 spiro atoms. The molecular formula is C31H55NO11. The molecule has 1 aromatic carbocycles. The van der Waals surface area contributed by atoms with Gasteiger partial charge in [-0.3, -0.25) is 0 Å². The molecule has 0 saturated heterocycles. The molecule has 0 aliphatic carbocycles. The number of alkyl carbamates (subject to hydrolysis) is 1. The fourth-order valence-corrected chi connectivity index (χ4v) is 3.28. The first-order valence-corrected chi connectivity index (χ1v) is 15.2. The van der Waals surface area contributed by atoms with Gasteiger partial charge in [0.25, 0.3) is 0 Å². The first-order chi connectivity index (χ1) is 20.9. The van der Waals surface area contributed by atoms with Crippen LogP contribution in [0.3, 0.4) is 0 Å². The number of amides is 1. The van der Waals surface area contributed by atoms with E-state index in [2.05, 4.69) is 5.32 Å². The number of carbonyl (C=O) groups is 1. The SMILES string of the molecule is CCOCCOCCOCCOCCOCCOCCOCCOCCOc1ccc(CCNC(=O)OC(C)(C)C)cc1. The number of nitrogens with one attached hydrogen (secondary N) is 1. The zero-order chi connectivity index (χ0) is 31.3. The van der Waals surface area contributed by atoms with E-state index < -0.39 is 11.7 Å². The minimum absolute atomic E-state index is 0.407. The fraction of sp³-hybridized carbons (Fsp3) is 0.774. The third-order valence-corrected chi connectivity index (χ3v) is 5.31. The molecule has 0 fully saturated rings. The Morgan fingerprint density at radius 3 is 1.33 bits per heavy atom. The van der Waals surface area contributed by atoms with Gasteiger partial charge in [-0.2, -0.15) is 0 Å². The quantitative estimate of drug-likeness (QED) is 0.133. The highest BCUT2D eigenvalue weighted by Gasteiger charge is 2.15. The number of rotatable bonds is 29. The van der Waals surface area contributed by atoms with Crippen molar-refractivity contribution in [2.24, 2.45) is 0 Å². The van der Waals surface area contributed by atoms with Gasteiger partial charge in [0.1, 0.15) is 18.0 Å². The van der Waals surface area contributed by atoms with Gasteiger partial charge in [0.05, 0.1) is 99.1 Å². The topological polar surface area (TPSA) is 121 Å². The van der Waals surface area contributed by atoms with Crippen LogP contribution in [0.5, 0.6) is 5.75 Å². The Morgan fingerprint density at radius 2 is 0.953 bits per heavy atom. The number of hydrogen-bond acceptors (Lipinski definition) is 11. The van der Waals surface area contributed by atoms with E-state index in [1.54, 1.807) is 0 Å². The highest BCUT2D eigenvalue weighted by atomic mass is 16.6. The monoisotopic (exact) mass is 617 g/mol. The summed E-state index contributed by atoms with van der Waals surface area (Å²) in [5, 5.41) is 2.76. The average molecular weight is 618 g/mol. The maximum atomic E-state index is 11.7. The molecule has 1 amide bonds. The largest absolute Gasteiger partial charge is 0.491 e. The van der Waals surface area contributed by atoms with E-state index in [4.69, 9.17) is 47.4 Å². The molecular weight excluding hydrogens is 562 g/mol. The molecule has 0 unspecified atom stereocenters. The molecule has 0 heterocycles. The number of hydrogen-bond donors (Lipinski definition) is 1. The average Bonchev–Trinajstić information content (AvgIpc) is 2.97. The highest BCUT2D eigenvalue weighted by Crippen LogP contribution is 2.12. The maximum Gasteiger partial charge on any atom is 0.407 e. The van der Waals surface area contributed by atoms with Crippen LogP contribution >= 0.6 is 0 Å². The molecule has 250 valence electrons. The predicted molar refractivity (Wildman–Crippen MR) is 162 cm³/mol. The summed E-state index contributed by atoms with van der Waals surface area (Å²) in [4.78, 5) is 11.7. The fourth-order valence-electron chi connectivity index (χ4n) is 3.28. The first-order valence-electron chi connectivity index (χ1n) is 15.2. The van der Waals surface area contributed by atoms with Crippen LogP contribution in [0.2, 0.25) is 0 Å². The minimum atomic E-state index is -0.499. The second-order valence-electron chi connectivity index (χ2n) is 10.2. The summed E-state index contributed by atoms with van der Waals surface area (Å²) in [5.41, 5.74) is 0.601. The Bertz CT molecular complexity index is 759. The van der Waals surface area contributed by atoms with Gasteiger partial charge < -0.3 is 52.7 Å².